The van der Waals surface area contributed by atoms with Crippen LogP contribution in [0.4, 0.5) is 0 Å². The minimum Gasteiger partial charge on any atom is -0.303 e. The van der Waals surface area contributed by atoms with Crippen molar-refractivity contribution in [3.8, 4) is 0 Å². The molecule has 1 heterocycles. The van der Waals surface area contributed by atoms with Gasteiger partial charge in [-0.05, 0) is 32.9 Å². The highest BCUT2D eigenvalue weighted by Gasteiger charge is 2.11. The van der Waals surface area contributed by atoms with Crippen LogP contribution in [0, 0.1) is 20.8 Å². The molecule has 2 aromatic rings. The number of aromatic nitrogens is 1. The minimum atomic E-state index is -3.64. The number of sulfonamides is 1. The summed E-state index contributed by atoms with van der Waals surface area (Å²) in [5, 5.41) is 0. The van der Waals surface area contributed by atoms with E-state index in [1.165, 1.54) is 15.6 Å². The van der Waals surface area contributed by atoms with Crippen LogP contribution in [0.25, 0.3) is 4.83 Å². The molecule has 0 amide bonds. The summed E-state index contributed by atoms with van der Waals surface area (Å²) in [6, 6.07) is 6.67. The molecule has 2 rings (SSSR count). The van der Waals surface area contributed by atoms with Gasteiger partial charge < -0.3 is 4.83 Å². The molecule has 0 aliphatic heterocycles. The van der Waals surface area contributed by atoms with Crippen LogP contribution in [0.5, 0.6) is 0 Å². The van der Waals surface area contributed by atoms with Gasteiger partial charge in [0.15, 0.2) is 16.2 Å². The quantitative estimate of drug-likeness (QED) is 0.812. The third-order valence-corrected chi connectivity index (χ3v) is 4.93. The van der Waals surface area contributed by atoms with Crippen molar-refractivity contribution >= 4 is 21.6 Å². The summed E-state index contributed by atoms with van der Waals surface area (Å²) in [7, 11) is -3.64. The Labute approximate surface area is 111 Å². The van der Waals surface area contributed by atoms with Gasteiger partial charge in [0, 0.05) is 5.56 Å². The fourth-order valence-corrected chi connectivity index (χ4v) is 3.32. The maximum absolute atomic E-state index is 12.1. The molecule has 0 unspecified atom stereocenters. The Morgan fingerprint density at radius 1 is 1.11 bits per heavy atom. The number of benzene rings is 1. The zero-order valence-corrected chi connectivity index (χ0v) is 12.0. The first-order chi connectivity index (χ1) is 8.38. The van der Waals surface area contributed by atoms with E-state index in [0.29, 0.717) is 0 Å². The molecule has 0 saturated carbocycles. The Hall–Kier alpha value is -1.40. The van der Waals surface area contributed by atoms with Gasteiger partial charge in [-0.25, -0.2) is 8.42 Å². The maximum Gasteiger partial charge on any atom is 0.182 e. The minimum absolute atomic E-state index is 0.212. The largest absolute Gasteiger partial charge is 0.303 e. The molecule has 0 atom stereocenters. The lowest BCUT2D eigenvalue weighted by molar-refractivity contribution is -0.539. The van der Waals surface area contributed by atoms with Crippen LogP contribution in [0.2, 0.25) is 0 Å². The van der Waals surface area contributed by atoms with Gasteiger partial charge in [-0.2, -0.15) is 4.07 Å². The van der Waals surface area contributed by atoms with Crippen molar-refractivity contribution in [2.75, 3.05) is 0 Å². The fourth-order valence-electron chi connectivity index (χ4n) is 1.40. The van der Waals surface area contributed by atoms with Crippen LogP contribution in [0.15, 0.2) is 35.4 Å². The molecule has 0 aliphatic carbocycles. The molecule has 0 N–H and O–H groups in total. The summed E-state index contributed by atoms with van der Waals surface area (Å²) in [4.78, 5) is 5.05. The lowest BCUT2D eigenvalue weighted by Gasteiger charge is -2.11. The topological polar surface area (TPSA) is 52.1 Å². The van der Waals surface area contributed by atoms with Crippen molar-refractivity contribution in [2.45, 2.75) is 25.7 Å². The van der Waals surface area contributed by atoms with Crippen molar-refractivity contribution in [3.63, 3.8) is 0 Å². The normalized spacial score (nSPS) is 11.5. The molecule has 1 aromatic heterocycles. The molecule has 0 bridgehead atoms. The second kappa shape index (κ2) is 4.70. The summed E-state index contributed by atoms with van der Waals surface area (Å²) in [5.74, 6) is 0. The first kappa shape index (κ1) is 13.0. The van der Waals surface area contributed by atoms with E-state index in [2.05, 4.69) is 4.83 Å². The summed E-state index contributed by atoms with van der Waals surface area (Å²) in [5.41, 5.74) is 2.05. The first-order valence-corrected chi connectivity index (χ1v) is 7.64. The van der Waals surface area contributed by atoms with Gasteiger partial charge in [0.05, 0.1) is 9.77 Å². The van der Waals surface area contributed by atoms with E-state index >= 15 is 0 Å². The van der Waals surface area contributed by atoms with Crippen LogP contribution >= 0.6 is 11.5 Å². The van der Waals surface area contributed by atoms with Gasteiger partial charge in [-0.1, -0.05) is 17.7 Å². The molecule has 1 aromatic carbocycles. The Kier molecular flexibility index (Phi) is 3.41. The van der Waals surface area contributed by atoms with E-state index in [-0.39, 0.29) is 4.90 Å². The third kappa shape index (κ3) is 2.70. The second-order valence-electron chi connectivity index (χ2n) is 4.13. The Morgan fingerprint density at radius 3 is 2.22 bits per heavy atom. The van der Waals surface area contributed by atoms with Gasteiger partial charge in [0.1, 0.15) is 11.5 Å². The Bertz CT molecular complexity index is 638. The highest BCUT2D eigenvalue weighted by atomic mass is 32.2. The van der Waals surface area contributed by atoms with Crippen LogP contribution in [0.1, 0.15) is 16.0 Å². The van der Waals surface area contributed by atoms with Crippen molar-refractivity contribution in [2.24, 2.45) is 0 Å². The summed E-state index contributed by atoms with van der Waals surface area (Å²) >= 11 is 1.31. The highest BCUT2D eigenvalue weighted by molar-refractivity contribution is 7.93. The van der Waals surface area contributed by atoms with Gasteiger partial charge in [-0.15, -0.1) is 0 Å². The lowest BCUT2D eigenvalue weighted by atomic mass is 10.2. The van der Waals surface area contributed by atoms with Crippen molar-refractivity contribution in [1.82, 2.24) is 0 Å². The van der Waals surface area contributed by atoms with Gasteiger partial charge in [0.25, 0.3) is 0 Å². The Balaban J connectivity index is 2.29. The monoisotopic (exact) mass is 282 g/mol. The van der Waals surface area contributed by atoms with Crippen LogP contribution in [-0.4, -0.2) is 8.42 Å². The lowest BCUT2D eigenvalue weighted by Crippen LogP contribution is -2.26. The van der Waals surface area contributed by atoms with E-state index in [0.717, 1.165) is 16.0 Å². The molecule has 96 valence electrons. The van der Waals surface area contributed by atoms with Gasteiger partial charge >= 0.3 is 0 Å². The summed E-state index contributed by atoms with van der Waals surface area (Å²) in [6.07, 6.45) is 1.71. The summed E-state index contributed by atoms with van der Waals surface area (Å²) in [6.45, 7) is 5.77. The Morgan fingerprint density at radius 2 is 1.72 bits per heavy atom. The maximum atomic E-state index is 12.1. The SMILES string of the molecule is Cc1ccc(S(=O)(=O)[N-][n+]2cc(C)c(C)s2)cc1. The third-order valence-electron chi connectivity index (χ3n) is 2.60. The number of rotatable bonds is 3. The molecular weight excluding hydrogens is 268 g/mol. The fraction of sp³-hybridized carbons (Fsp3) is 0.250. The van der Waals surface area contributed by atoms with Crippen LogP contribution < -0.4 is 4.07 Å². The van der Waals surface area contributed by atoms with E-state index in [1.807, 2.05) is 20.8 Å². The average Bonchev–Trinajstić information content (AvgIpc) is 2.57. The van der Waals surface area contributed by atoms with Crippen molar-refractivity contribution in [3.05, 3.63) is 51.3 Å². The first-order valence-electron chi connectivity index (χ1n) is 5.42. The van der Waals surface area contributed by atoms with Gasteiger partial charge in [0.2, 0.25) is 0 Å². The number of hydrogen-bond donors (Lipinski definition) is 0. The number of nitrogens with zero attached hydrogens (tertiary/aromatic N) is 2. The van der Waals surface area contributed by atoms with Crippen LogP contribution in [-0.2, 0) is 10.0 Å². The smallest absolute Gasteiger partial charge is 0.182 e. The zero-order chi connectivity index (χ0) is 13.3. The predicted molar refractivity (Wildman–Crippen MR) is 71.1 cm³/mol. The molecule has 0 saturated heterocycles. The van der Waals surface area contributed by atoms with Crippen molar-refractivity contribution < 1.29 is 12.5 Å². The van der Waals surface area contributed by atoms with E-state index in [4.69, 9.17) is 0 Å². The van der Waals surface area contributed by atoms with E-state index < -0.39 is 10.0 Å². The molecule has 4 nitrogen and oxygen atoms in total. The molecule has 0 aliphatic rings. The predicted octanol–water partition coefficient (Wildman–Crippen LogP) is 2.49. The second-order valence-corrected chi connectivity index (χ2v) is 6.89. The molecule has 18 heavy (non-hydrogen) atoms. The zero-order valence-electron chi connectivity index (χ0n) is 10.4. The molecule has 0 radical (unpaired) electrons. The van der Waals surface area contributed by atoms with Crippen molar-refractivity contribution in [1.29, 1.82) is 0 Å². The van der Waals surface area contributed by atoms with Crippen LogP contribution in [0.3, 0.4) is 0 Å². The molecule has 6 heteroatoms. The van der Waals surface area contributed by atoms with Gasteiger partial charge in [-0.3, -0.25) is 0 Å². The highest BCUT2D eigenvalue weighted by Crippen LogP contribution is 2.17. The number of aryl methyl sites for hydroxylation is 3. The van der Waals surface area contributed by atoms with E-state index in [9.17, 15) is 8.42 Å². The average molecular weight is 282 g/mol. The van der Waals surface area contributed by atoms with E-state index in [1.54, 1.807) is 30.5 Å². The molecular formula is C12H14N2O2S2. The molecule has 0 spiro atoms. The molecule has 0 fully saturated rings. The standard InChI is InChI=1S/C12H14N2O2S2/c1-9-4-6-12(7-5-9)18(15,16)13-14-8-10(2)11(3)17-14/h4-8H,1-3H3. The number of hydrogen-bond acceptors (Lipinski definition) is 3. The summed E-state index contributed by atoms with van der Waals surface area (Å²) < 4.78 is 25.5.